The molecule has 1 unspecified atom stereocenters. The highest BCUT2D eigenvalue weighted by atomic mass is 32.1. The van der Waals surface area contributed by atoms with Crippen molar-refractivity contribution >= 4 is 51.6 Å². The van der Waals surface area contributed by atoms with Crippen molar-refractivity contribution in [3.63, 3.8) is 0 Å². The third kappa shape index (κ3) is 6.23. The zero-order valence-electron chi connectivity index (χ0n) is 30.7. The number of likely N-dealkylation sites (tertiary alicyclic amines) is 1. The first-order chi connectivity index (χ1) is 27.7. The second-order valence-electron chi connectivity index (χ2n) is 15.2. The molecule has 0 aliphatic carbocycles. The van der Waals surface area contributed by atoms with E-state index >= 15 is 8.78 Å². The lowest BCUT2D eigenvalue weighted by Gasteiger charge is -2.36. The van der Waals surface area contributed by atoms with Crippen LogP contribution in [0.25, 0.3) is 11.1 Å². The predicted molar refractivity (Wildman–Crippen MR) is 208 cm³/mol. The number of hydrogen-bond acceptors (Lipinski definition) is 9. The third-order valence-electron chi connectivity index (χ3n) is 11.9. The number of imidazole rings is 1. The first-order valence-electron chi connectivity index (χ1n) is 19.1. The Balaban J connectivity index is 0.825. The summed E-state index contributed by atoms with van der Waals surface area (Å²) >= 11 is 1.27. The van der Waals surface area contributed by atoms with Gasteiger partial charge in [-0.15, -0.1) is 11.3 Å². The molecule has 13 nitrogen and oxygen atoms in total. The highest BCUT2D eigenvalue weighted by Crippen LogP contribution is 2.40. The zero-order valence-corrected chi connectivity index (χ0v) is 31.5. The molecule has 16 heteroatoms. The van der Waals surface area contributed by atoms with Gasteiger partial charge >= 0.3 is 6.03 Å². The Bertz CT molecular complexity index is 2460. The summed E-state index contributed by atoms with van der Waals surface area (Å²) in [5.74, 6) is -2.10. The summed E-state index contributed by atoms with van der Waals surface area (Å²) in [4.78, 5) is 67.9. The number of anilines is 3. The molecule has 0 spiro atoms. The minimum Gasteiger partial charge on any atom is -0.366 e. The number of rotatable bonds is 9. The summed E-state index contributed by atoms with van der Waals surface area (Å²) in [7, 11) is 0. The first kappa shape index (κ1) is 35.4. The van der Waals surface area contributed by atoms with Crippen LogP contribution in [0.15, 0.2) is 72.5 Å². The minimum absolute atomic E-state index is 0.0611. The molecule has 3 aromatic carbocycles. The second-order valence-corrected chi connectivity index (χ2v) is 16.1. The Hall–Kier alpha value is -6.00. The molecule has 5 aromatic rings. The topological polar surface area (TPSA) is 136 Å². The number of nitrogens with zero attached hydrogens (tertiary/aromatic N) is 7. The molecule has 7 heterocycles. The van der Waals surface area contributed by atoms with Crippen LogP contribution in [0.4, 0.5) is 30.1 Å². The Morgan fingerprint density at radius 2 is 1.77 bits per heavy atom. The predicted octanol–water partition coefficient (Wildman–Crippen LogP) is 5.48. The van der Waals surface area contributed by atoms with Crippen LogP contribution in [0.1, 0.15) is 58.2 Å². The normalized spacial score (nSPS) is 20.7. The van der Waals surface area contributed by atoms with Crippen molar-refractivity contribution in [1.29, 1.82) is 0 Å². The van der Waals surface area contributed by atoms with Crippen molar-refractivity contribution in [3.05, 3.63) is 112 Å². The highest BCUT2D eigenvalue weighted by molar-refractivity contribution is 7.13. The third-order valence-corrected chi connectivity index (χ3v) is 12.6. The van der Waals surface area contributed by atoms with Crippen molar-refractivity contribution in [3.8, 4) is 11.1 Å². The van der Waals surface area contributed by atoms with Crippen LogP contribution in [0.3, 0.4) is 0 Å². The number of nitrogens with one attached hydrogen (secondary N) is 2. The van der Waals surface area contributed by atoms with Crippen LogP contribution in [0, 0.1) is 11.6 Å². The van der Waals surface area contributed by atoms with E-state index in [1.165, 1.54) is 33.3 Å². The van der Waals surface area contributed by atoms with Gasteiger partial charge in [0.05, 0.1) is 18.6 Å². The molecule has 3 atom stereocenters. The van der Waals surface area contributed by atoms with Crippen molar-refractivity contribution < 1.29 is 28.0 Å². The van der Waals surface area contributed by atoms with Gasteiger partial charge in [-0.25, -0.2) is 23.5 Å². The number of aromatic nitrogens is 3. The molecule has 5 amide bonds. The maximum Gasteiger partial charge on any atom is 0.328 e. The first-order valence-corrected chi connectivity index (χ1v) is 19.9. The summed E-state index contributed by atoms with van der Waals surface area (Å²) in [5.41, 5.74) is 5.23. The van der Waals surface area contributed by atoms with Crippen LogP contribution in [0.2, 0.25) is 0 Å². The number of urea groups is 1. The van der Waals surface area contributed by atoms with E-state index in [1.807, 2.05) is 28.8 Å². The van der Waals surface area contributed by atoms with Gasteiger partial charge in [0.2, 0.25) is 5.91 Å². The molecule has 0 saturated carbocycles. The number of benzene rings is 3. The quantitative estimate of drug-likeness (QED) is 0.201. The maximum absolute atomic E-state index is 15.9. The molecule has 2 N–H and O–H groups in total. The second kappa shape index (κ2) is 13.9. The Kier molecular flexibility index (Phi) is 8.62. The van der Waals surface area contributed by atoms with E-state index in [0.717, 1.165) is 55.8 Å². The Labute approximate surface area is 329 Å². The number of fused-ring (bicyclic) bond motifs is 4. The van der Waals surface area contributed by atoms with Gasteiger partial charge < -0.3 is 14.4 Å². The number of carbonyl (C=O) groups excluding carboxylic acids is 4. The van der Waals surface area contributed by atoms with Crippen LogP contribution in [0.5, 0.6) is 0 Å². The highest BCUT2D eigenvalue weighted by Gasteiger charge is 2.44. The van der Waals surface area contributed by atoms with E-state index in [2.05, 4.69) is 30.4 Å². The fraction of sp³-hybridized carbons (Fsp3) is 0.317. The van der Waals surface area contributed by atoms with Crippen LogP contribution < -0.4 is 20.4 Å². The smallest absolute Gasteiger partial charge is 0.328 e. The molecular weight excluding hydrogens is 753 g/mol. The average molecular weight is 790 g/mol. The number of halogens is 2. The van der Waals surface area contributed by atoms with Gasteiger partial charge in [-0.05, 0) is 66.8 Å². The van der Waals surface area contributed by atoms with Gasteiger partial charge in [0.25, 0.3) is 11.8 Å². The number of carbonyl (C=O) groups is 4. The number of piperazine rings is 1. The van der Waals surface area contributed by atoms with E-state index in [1.54, 1.807) is 36.1 Å². The summed E-state index contributed by atoms with van der Waals surface area (Å²) in [5, 5.41) is 7.27. The number of amides is 5. The fourth-order valence-corrected chi connectivity index (χ4v) is 9.66. The Morgan fingerprint density at radius 1 is 0.930 bits per heavy atom. The molecule has 3 saturated heterocycles. The van der Waals surface area contributed by atoms with Gasteiger partial charge in [-0.2, -0.15) is 0 Å². The van der Waals surface area contributed by atoms with Gasteiger partial charge in [-0.3, -0.25) is 34.8 Å². The summed E-state index contributed by atoms with van der Waals surface area (Å²) in [6, 6.07) is 14.8. The van der Waals surface area contributed by atoms with Crippen LogP contribution >= 0.6 is 11.3 Å². The molecule has 5 aliphatic heterocycles. The van der Waals surface area contributed by atoms with Crippen molar-refractivity contribution in [2.75, 3.05) is 34.8 Å². The monoisotopic (exact) mass is 789 g/mol. The molecule has 10 rings (SSSR count). The van der Waals surface area contributed by atoms with E-state index in [0.29, 0.717) is 34.2 Å². The summed E-state index contributed by atoms with van der Waals surface area (Å²) in [6.45, 7) is 2.94. The van der Waals surface area contributed by atoms with Gasteiger partial charge in [-0.1, -0.05) is 18.2 Å². The minimum atomic E-state index is -1.06. The van der Waals surface area contributed by atoms with Crippen molar-refractivity contribution in [2.45, 2.75) is 63.4 Å². The summed E-state index contributed by atoms with van der Waals surface area (Å²) in [6.07, 6.45) is 6.06. The molecule has 57 heavy (non-hydrogen) atoms. The van der Waals surface area contributed by atoms with Crippen LogP contribution in [-0.4, -0.2) is 79.8 Å². The van der Waals surface area contributed by atoms with Crippen molar-refractivity contribution in [2.24, 2.45) is 0 Å². The van der Waals surface area contributed by atoms with Gasteiger partial charge in [0.1, 0.15) is 11.6 Å². The number of imide groups is 1. The van der Waals surface area contributed by atoms with Crippen LogP contribution in [-0.2, 0) is 35.6 Å². The lowest BCUT2D eigenvalue weighted by Crippen LogP contribution is -2.49. The molecule has 3 fully saturated rings. The fourth-order valence-electron chi connectivity index (χ4n) is 9.13. The SMILES string of the molecule is O=C1CCN(c2ccc(CN3C[C@H]4C[C@@H]3CN4c3ccc(-c4cc(F)c5c(c4)C(=O)N(C(C(=O)Nc4nccs4)c4ncn6c4CCC6)C5)cc3)c(F)c2)C(=O)N1. The molecule has 5 aliphatic rings. The van der Waals surface area contributed by atoms with Gasteiger partial charge in [0.15, 0.2) is 11.2 Å². The van der Waals surface area contributed by atoms with E-state index < -0.39 is 29.7 Å². The van der Waals surface area contributed by atoms with E-state index in [-0.39, 0.29) is 54.4 Å². The lowest BCUT2D eigenvalue weighted by atomic mass is 9.99. The standard InChI is InChI=1S/C41H37F2N9O4S/c42-32-17-27(50-12-9-35(53)46-41(50)56)8-5-24(32)18-49-19-29-16-28(49)20-51(29)26-6-3-23(4-7-26)25-14-30-31(33(43)15-25)21-52(39(30)55)37(38(54)47-40-44-10-13-57-40)36-34-2-1-11-48(34)22-45-36/h3-8,10,13-15,17,22,28-29,37H,1-2,9,11-12,16,18-21H2,(H,44,47,54)(H,46,53,56)/t28-,29-,37?/m1/s1. The molecule has 2 aromatic heterocycles. The molecular formula is C41H37F2N9O4S. The maximum atomic E-state index is 15.9. The molecule has 0 radical (unpaired) electrons. The van der Waals surface area contributed by atoms with Gasteiger partial charge in [0, 0.05) is 96.6 Å². The number of aryl methyl sites for hydroxylation is 1. The average Bonchev–Trinajstić information content (AvgIpc) is 4.06. The van der Waals surface area contributed by atoms with Crippen molar-refractivity contribution in [1.82, 2.24) is 29.7 Å². The molecule has 290 valence electrons. The van der Waals surface area contributed by atoms with E-state index in [4.69, 9.17) is 0 Å². The molecule has 2 bridgehead atoms. The van der Waals surface area contributed by atoms with E-state index in [9.17, 15) is 19.2 Å². The zero-order chi connectivity index (χ0) is 38.9. The Morgan fingerprint density at radius 3 is 2.53 bits per heavy atom. The lowest BCUT2D eigenvalue weighted by molar-refractivity contribution is -0.121. The number of thiazole rings is 1. The summed E-state index contributed by atoms with van der Waals surface area (Å²) < 4.78 is 33.2. The number of hydrogen-bond donors (Lipinski definition) is 2. The largest absolute Gasteiger partial charge is 0.366 e.